The summed E-state index contributed by atoms with van der Waals surface area (Å²) in [5, 5.41) is 12.4. The first kappa shape index (κ1) is 27.6. The Morgan fingerprint density at radius 1 is 0.805 bits per heavy atom. The van der Waals surface area contributed by atoms with E-state index in [0.717, 1.165) is 30.3 Å². The molecule has 0 bridgehead atoms. The number of nitrogens with zero attached hydrogens (tertiary/aromatic N) is 1. The van der Waals surface area contributed by atoms with Crippen molar-refractivity contribution in [2.24, 2.45) is 0 Å². The van der Waals surface area contributed by atoms with E-state index in [9.17, 15) is 31.5 Å². The van der Waals surface area contributed by atoms with Gasteiger partial charge in [-0.2, -0.15) is 13.2 Å². The Bertz CT molecular complexity index is 1760. The molecular formula is C31H21F5N2O3. The molecule has 1 heterocycles. The number of alkyl halides is 3. The Morgan fingerprint density at radius 2 is 1.49 bits per heavy atom. The maximum absolute atomic E-state index is 14.0. The van der Waals surface area contributed by atoms with Crippen LogP contribution in [0.1, 0.15) is 37.4 Å². The van der Waals surface area contributed by atoms with Crippen LogP contribution in [0.4, 0.5) is 22.0 Å². The van der Waals surface area contributed by atoms with Gasteiger partial charge in [-0.15, -0.1) is 0 Å². The summed E-state index contributed by atoms with van der Waals surface area (Å²) in [6.07, 6.45) is -2.89. The van der Waals surface area contributed by atoms with Crippen LogP contribution in [0.3, 0.4) is 0 Å². The lowest BCUT2D eigenvalue weighted by Crippen LogP contribution is -2.23. The molecule has 5 nitrogen and oxygen atoms in total. The highest BCUT2D eigenvalue weighted by molar-refractivity contribution is 6.08. The van der Waals surface area contributed by atoms with E-state index < -0.39 is 35.3 Å². The Hall–Kier alpha value is -4.99. The number of carboxylic acids is 1. The fraction of sp³-hybridized carbons (Fsp3) is 0.0968. The Balaban J connectivity index is 1.54. The van der Waals surface area contributed by atoms with Crippen LogP contribution in [0.25, 0.3) is 22.0 Å². The first-order chi connectivity index (χ1) is 19.5. The van der Waals surface area contributed by atoms with Gasteiger partial charge in [0.05, 0.1) is 22.2 Å². The highest BCUT2D eigenvalue weighted by atomic mass is 19.4. The third-order valence-electron chi connectivity index (χ3n) is 6.56. The van der Waals surface area contributed by atoms with Crippen LogP contribution in [0.15, 0.2) is 91.1 Å². The van der Waals surface area contributed by atoms with Crippen molar-refractivity contribution in [1.82, 2.24) is 9.88 Å². The third kappa shape index (κ3) is 6.11. The van der Waals surface area contributed by atoms with E-state index in [0.29, 0.717) is 27.6 Å². The number of nitrogens with one attached hydrogen (secondary N) is 1. The fourth-order valence-electron chi connectivity index (χ4n) is 4.63. The van der Waals surface area contributed by atoms with E-state index in [4.69, 9.17) is 5.11 Å². The minimum atomic E-state index is -4.52. The first-order valence-corrected chi connectivity index (χ1v) is 12.3. The molecule has 0 saturated heterocycles. The molecule has 0 fully saturated rings. The molecule has 0 radical (unpaired) electrons. The molecule has 5 rings (SSSR count). The summed E-state index contributed by atoms with van der Waals surface area (Å²) < 4.78 is 69.5. The number of aromatic carboxylic acids is 1. The van der Waals surface area contributed by atoms with E-state index in [1.54, 1.807) is 41.1 Å². The smallest absolute Gasteiger partial charge is 0.416 e. The maximum Gasteiger partial charge on any atom is 0.416 e. The van der Waals surface area contributed by atoms with E-state index in [-0.39, 0.29) is 29.8 Å². The minimum Gasteiger partial charge on any atom is -0.478 e. The zero-order valence-electron chi connectivity index (χ0n) is 21.2. The van der Waals surface area contributed by atoms with Crippen molar-refractivity contribution in [3.8, 4) is 11.1 Å². The van der Waals surface area contributed by atoms with E-state index in [1.165, 1.54) is 24.3 Å². The molecule has 2 N–H and O–H groups in total. The number of amides is 1. The zero-order valence-corrected chi connectivity index (χ0v) is 21.2. The highest BCUT2D eigenvalue weighted by Crippen LogP contribution is 2.32. The topological polar surface area (TPSA) is 71.3 Å². The van der Waals surface area contributed by atoms with Crippen LogP contribution >= 0.6 is 0 Å². The number of carbonyl (C=O) groups excluding carboxylic acids is 1. The molecule has 208 valence electrons. The summed E-state index contributed by atoms with van der Waals surface area (Å²) in [5.74, 6) is -3.22. The summed E-state index contributed by atoms with van der Waals surface area (Å²) in [5.41, 5.74) is 1.40. The van der Waals surface area contributed by atoms with Crippen molar-refractivity contribution in [3.63, 3.8) is 0 Å². The number of halogens is 5. The van der Waals surface area contributed by atoms with Crippen molar-refractivity contribution in [1.29, 1.82) is 0 Å². The van der Waals surface area contributed by atoms with Crippen LogP contribution in [0.2, 0.25) is 0 Å². The lowest BCUT2D eigenvalue weighted by atomic mass is 9.99. The number of hydrogen-bond acceptors (Lipinski definition) is 2. The van der Waals surface area contributed by atoms with Gasteiger partial charge in [-0.3, -0.25) is 4.79 Å². The fourth-order valence-corrected chi connectivity index (χ4v) is 4.63. The van der Waals surface area contributed by atoms with Crippen molar-refractivity contribution in [2.45, 2.75) is 19.3 Å². The second-order valence-electron chi connectivity index (χ2n) is 9.45. The van der Waals surface area contributed by atoms with Gasteiger partial charge in [0.15, 0.2) is 0 Å². The Labute approximate surface area is 230 Å². The number of hydrogen-bond donors (Lipinski definition) is 2. The van der Waals surface area contributed by atoms with Crippen LogP contribution in [-0.2, 0) is 19.3 Å². The molecule has 1 aromatic heterocycles. The number of carboxylic acid groups (broad SMARTS) is 1. The standard InChI is InChI=1S/C31H21F5N2O3/c32-25-12-23(13-26(33)15-25)22-11-21-8-9-38(17-19-2-1-3-24(10-19)31(34,35)36)28(21)27(14-22)29(39)37-16-18-4-6-20(7-5-18)30(40)41/h1-15H,16-17H2,(H,37,39)(H,40,41). The molecule has 1 amide bonds. The lowest BCUT2D eigenvalue weighted by Gasteiger charge is -2.14. The molecule has 0 aliphatic heterocycles. The van der Waals surface area contributed by atoms with Gasteiger partial charge >= 0.3 is 12.1 Å². The predicted octanol–water partition coefficient (Wildman–Crippen LogP) is 7.28. The summed E-state index contributed by atoms with van der Waals surface area (Å²) in [6, 6.07) is 18.6. The number of benzene rings is 4. The average Bonchev–Trinajstić information content (AvgIpc) is 3.33. The van der Waals surface area contributed by atoms with E-state index in [2.05, 4.69) is 5.32 Å². The maximum atomic E-state index is 14.0. The Kier molecular flexibility index (Phi) is 7.32. The van der Waals surface area contributed by atoms with Gasteiger partial charge in [0, 0.05) is 30.7 Å². The van der Waals surface area contributed by atoms with Gasteiger partial charge in [-0.1, -0.05) is 24.3 Å². The third-order valence-corrected chi connectivity index (χ3v) is 6.56. The van der Waals surface area contributed by atoms with Gasteiger partial charge in [0.2, 0.25) is 0 Å². The molecule has 41 heavy (non-hydrogen) atoms. The van der Waals surface area contributed by atoms with Gasteiger partial charge in [0.25, 0.3) is 5.91 Å². The van der Waals surface area contributed by atoms with E-state index >= 15 is 0 Å². The minimum absolute atomic E-state index is 0.0261. The molecule has 0 atom stereocenters. The quantitative estimate of drug-likeness (QED) is 0.204. The number of aromatic nitrogens is 1. The van der Waals surface area contributed by atoms with Crippen molar-refractivity contribution < 1.29 is 36.6 Å². The molecule has 4 aromatic carbocycles. The second-order valence-corrected chi connectivity index (χ2v) is 9.45. The van der Waals surface area contributed by atoms with Gasteiger partial charge in [-0.25, -0.2) is 13.6 Å². The monoisotopic (exact) mass is 564 g/mol. The first-order valence-electron chi connectivity index (χ1n) is 12.3. The molecule has 0 aliphatic rings. The number of rotatable bonds is 7. The molecule has 0 aliphatic carbocycles. The Morgan fingerprint density at radius 3 is 2.15 bits per heavy atom. The molecular weight excluding hydrogens is 543 g/mol. The molecule has 5 aromatic rings. The highest BCUT2D eigenvalue weighted by Gasteiger charge is 2.30. The van der Waals surface area contributed by atoms with Crippen LogP contribution < -0.4 is 5.32 Å². The van der Waals surface area contributed by atoms with E-state index in [1.807, 2.05) is 0 Å². The normalized spacial score (nSPS) is 11.5. The van der Waals surface area contributed by atoms with Crippen molar-refractivity contribution in [2.75, 3.05) is 0 Å². The summed E-state index contributed by atoms with van der Waals surface area (Å²) in [4.78, 5) is 24.6. The summed E-state index contributed by atoms with van der Waals surface area (Å²) >= 11 is 0. The number of fused-ring (bicyclic) bond motifs is 1. The van der Waals surface area contributed by atoms with Crippen LogP contribution in [-0.4, -0.2) is 21.6 Å². The molecule has 10 heteroatoms. The van der Waals surface area contributed by atoms with Crippen LogP contribution in [0, 0.1) is 11.6 Å². The van der Waals surface area contributed by atoms with Crippen molar-refractivity contribution in [3.05, 3.63) is 131 Å². The van der Waals surface area contributed by atoms with Gasteiger partial charge < -0.3 is 15.0 Å². The van der Waals surface area contributed by atoms with Crippen LogP contribution in [0.5, 0.6) is 0 Å². The van der Waals surface area contributed by atoms with Gasteiger partial charge in [-0.05, 0) is 76.9 Å². The summed E-state index contributed by atoms with van der Waals surface area (Å²) in [6.45, 7) is 0.0751. The van der Waals surface area contributed by atoms with Crippen molar-refractivity contribution >= 4 is 22.8 Å². The zero-order chi connectivity index (χ0) is 29.3. The predicted molar refractivity (Wildman–Crippen MR) is 142 cm³/mol. The SMILES string of the molecule is O=C(O)c1ccc(CNC(=O)c2cc(-c3cc(F)cc(F)c3)cc3ccn(Cc4cccc(C(F)(F)F)c4)c23)cc1. The molecule has 0 unspecified atom stereocenters. The number of carbonyl (C=O) groups is 2. The lowest BCUT2D eigenvalue weighted by molar-refractivity contribution is -0.137. The second kappa shape index (κ2) is 10.9. The largest absolute Gasteiger partial charge is 0.478 e. The average molecular weight is 565 g/mol. The molecule has 0 spiro atoms. The summed E-state index contributed by atoms with van der Waals surface area (Å²) in [7, 11) is 0. The van der Waals surface area contributed by atoms with Gasteiger partial charge in [0.1, 0.15) is 11.6 Å². The molecule has 0 saturated carbocycles.